The van der Waals surface area contributed by atoms with Crippen molar-refractivity contribution in [2.75, 3.05) is 13.2 Å². The molecule has 0 bridgehead atoms. The van der Waals surface area contributed by atoms with Crippen molar-refractivity contribution < 1.29 is 9.53 Å². The number of hydrogen-bond donors (Lipinski definition) is 0. The van der Waals surface area contributed by atoms with Gasteiger partial charge in [-0.05, 0) is 17.6 Å². The van der Waals surface area contributed by atoms with Gasteiger partial charge in [0.15, 0.2) is 4.50 Å². The second-order valence-electron chi connectivity index (χ2n) is 1.45. The van der Waals surface area contributed by atoms with Gasteiger partial charge in [-0.15, -0.1) is 0 Å². The van der Waals surface area contributed by atoms with Crippen LogP contribution in [0.1, 0.15) is 6.92 Å². The van der Waals surface area contributed by atoms with E-state index in [-0.39, 0.29) is 11.0 Å². The highest BCUT2D eigenvalue weighted by molar-refractivity contribution is 8.34. The van der Waals surface area contributed by atoms with Crippen LogP contribution in [-0.4, -0.2) is 23.6 Å². The van der Waals surface area contributed by atoms with Gasteiger partial charge in [0.05, 0.1) is 6.61 Å². The summed E-state index contributed by atoms with van der Waals surface area (Å²) in [6, 6.07) is 0. The monoisotopic (exact) mass is 215 g/mol. The molecule has 0 aliphatic heterocycles. The molecule has 64 valence electrons. The van der Waals surface area contributed by atoms with Crippen molar-refractivity contribution in [3.05, 3.63) is 0 Å². The standard InChI is InChI=1S/C5H7Cl2NO2S/c1-2-10-4(9)3-8-5(6)11-7/h2-3H2,1H3/b8-5-. The van der Waals surface area contributed by atoms with Crippen LogP contribution in [0.15, 0.2) is 4.99 Å². The van der Waals surface area contributed by atoms with E-state index in [1.807, 2.05) is 0 Å². The first-order chi connectivity index (χ1) is 5.20. The summed E-state index contributed by atoms with van der Waals surface area (Å²) in [6.45, 7) is 1.99. The number of aliphatic imine (C=N–C) groups is 1. The minimum Gasteiger partial charge on any atom is -0.465 e. The van der Waals surface area contributed by atoms with Crippen molar-refractivity contribution in [3.8, 4) is 0 Å². The number of hydrogen-bond acceptors (Lipinski definition) is 4. The van der Waals surface area contributed by atoms with Crippen LogP contribution in [0.5, 0.6) is 0 Å². The highest BCUT2D eigenvalue weighted by Crippen LogP contribution is 2.12. The number of carbonyl (C=O) groups excluding carboxylic acids is 1. The Labute approximate surface area is 78.6 Å². The number of nitrogens with zero attached hydrogens (tertiary/aromatic N) is 1. The smallest absolute Gasteiger partial charge is 0.327 e. The summed E-state index contributed by atoms with van der Waals surface area (Å²) in [5, 5.41) is 0. The molecule has 0 spiro atoms. The number of halogens is 2. The van der Waals surface area contributed by atoms with Crippen molar-refractivity contribution in [1.82, 2.24) is 0 Å². The third-order valence-electron chi connectivity index (χ3n) is 0.701. The van der Waals surface area contributed by atoms with Crippen LogP contribution in [0, 0.1) is 0 Å². The fourth-order valence-electron chi connectivity index (χ4n) is 0.358. The van der Waals surface area contributed by atoms with E-state index in [4.69, 9.17) is 22.3 Å². The first-order valence-electron chi connectivity index (χ1n) is 2.84. The van der Waals surface area contributed by atoms with Crippen LogP contribution in [0.3, 0.4) is 0 Å². The summed E-state index contributed by atoms with van der Waals surface area (Å²) in [7, 11) is 5.98. The summed E-state index contributed by atoms with van der Waals surface area (Å²) in [5.41, 5.74) is 0. The Morgan fingerprint density at radius 1 is 1.73 bits per heavy atom. The van der Waals surface area contributed by atoms with Crippen molar-refractivity contribution in [2.45, 2.75) is 6.92 Å². The molecule has 0 radical (unpaired) electrons. The Morgan fingerprint density at radius 3 is 2.82 bits per heavy atom. The van der Waals surface area contributed by atoms with Gasteiger partial charge in [0.25, 0.3) is 0 Å². The lowest BCUT2D eigenvalue weighted by molar-refractivity contribution is -0.141. The number of ether oxygens (including phenoxy) is 1. The number of carbonyl (C=O) groups is 1. The van der Waals surface area contributed by atoms with Crippen LogP contribution in [-0.2, 0) is 9.53 Å². The van der Waals surface area contributed by atoms with E-state index >= 15 is 0 Å². The molecule has 0 aromatic rings. The molecule has 0 atom stereocenters. The van der Waals surface area contributed by atoms with E-state index in [2.05, 4.69) is 9.73 Å². The Hall–Kier alpha value is 0.0700. The van der Waals surface area contributed by atoms with Gasteiger partial charge in [0.2, 0.25) is 0 Å². The van der Waals surface area contributed by atoms with Crippen molar-refractivity contribution in [3.63, 3.8) is 0 Å². The number of rotatable bonds is 3. The minimum absolute atomic E-state index is 0.0770. The molecule has 0 aromatic heterocycles. The topological polar surface area (TPSA) is 38.7 Å². The lowest BCUT2D eigenvalue weighted by atomic mass is 10.7. The van der Waals surface area contributed by atoms with Gasteiger partial charge in [-0.2, -0.15) is 0 Å². The molecular weight excluding hydrogens is 209 g/mol. The highest BCUT2D eigenvalue weighted by atomic mass is 35.7. The second kappa shape index (κ2) is 6.76. The normalized spacial score (nSPS) is 11.4. The first kappa shape index (κ1) is 11.1. The quantitative estimate of drug-likeness (QED) is 0.411. The second-order valence-corrected chi connectivity index (χ2v) is 3.04. The third kappa shape index (κ3) is 6.47. The van der Waals surface area contributed by atoms with Crippen LogP contribution < -0.4 is 0 Å². The Bertz CT molecular complexity index is 163. The molecule has 0 heterocycles. The lowest BCUT2D eigenvalue weighted by Gasteiger charge is -1.96. The van der Waals surface area contributed by atoms with Crippen LogP contribution in [0.25, 0.3) is 0 Å². The minimum atomic E-state index is -0.406. The molecule has 0 aromatic carbocycles. The lowest BCUT2D eigenvalue weighted by Crippen LogP contribution is -2.07. The van der Waals surface area contributed by atoms with E-state index in [1.165, 1.54) is 0 Å². The molecule has 0 saturated heterocycles. The summed E-state index contributed by atoms with van der Waals surface area (Å²) < 4.78 is 4.72. The Balaban J connectivity index is 3.60. The Morgan fingerprint density at radius 2 is 2.36 bits per heavy atom. The molecule has 0 unspecified atom stereocenters. The molecule has 3 nitrogen and oxygen atoms in total. The summed E-state index contributed by atoms with van der Waals surface area (Å²) in [5.74, 6) is -0.406. The van der Waals surface area contributed by atoms with Gasteiger partial charge >= 0.3 is 5.97 Å². The van der Waals surface area contributed by atoms with Crippen molar-refractivity contribution >= 4 is 43.7 Å². The molecule has 0 rings (SSSR count). The summed E-state index contributed by atoms with van der Waals surface area (Å²) in [6.07, 6.45) is 0. The molecule has 6 heteroatoms. The van der Waals surface area contributed by atoms with E-state index in [1.54, 1.807) is 6.92 Å². The largest absolute Gasteiger partial charge is 0.465 e. The van der Waals surface area contributed by atoms with E-state index in [0.717, 1.165) is 11.0 Å². The van der Waals surface area contributed by atoms with Gasteiger partial charge in [-0.25, -0.2) is 0 Å². The van der Waals surface area contributed by atoms with Crippen LogP contribution in [0.2, 0.25) is 0 Å². The van der Waals surface area contributed by atoms with E-state index in [0.29, 0.717) is 6.61 Å². The maximum atomic E-state index is 10.6. The molecule has 0 saturated carbocycles. The van der Waals surface area contributed by atoms with Crippen LogP contribution >= 0.6 is 33.3 Å². The van der Waals surface area contributed by atoms with Crippen molar-refractivity contribution in [2.24, 2.45) is 4.99 Å². The zero-order valence-electron chi connectivity index (χ0n) is 5.84. The molecular formula is C5H7Cl2NO2S. The van der Waals surface area contributed by atoms with Gasteiger partial charge in [-0.1, -0.05) is 11.6 Å². The zero-order chi connectivity index (χ0) is 8.69. The summed E-state index contributed by atoms with van der Waals surface area (Å²) >= 11 is 5.38. The molecule has 0 fully saturated rings. The molecule has 0 N–H and O–H groups in total. The number of esters is 1. The first-order valence-corrected chi connectivity index (χ1v) is 4.87. The van der Waals surface area contributed by atoms with Gasteiger partial charge in [0, 0.05) is 11.0 Å². The maximum absolute atomic E-state index is 10.6. The maximum Gasteiger partial charge on any atom is 0.327 e. The van der Waals surface area contributed by atoms with Crippen LogP contribution in [0.4, 0.5) is 0 Å². The molecule has 11 heavy (non-hydrogen) atoms. The average molecular weight is 216 g/mol. The molecule has 0 aliphatic rings. The molecule has 0 amide bonds. The summed E-state index contributed by atoms with van der Waals surface area (Å²) in [4.78, 5) is 14.2. The third-order valence-corrected chi connectivity index (χ3v) is 1.98. The SMILES string of the molecule is CCOC(=O)C/N=C(/Cl)SCl. The predicted octanol–water partition coefficient (Wildman–Crippen LogP) is 2.03. The van der Waals surface area contributed by atoms with Gasteiger partial charge in [0.1, 0.15) is 6.54 Å². The van der Waals surface area contributed by atoms with E-state index in [9.17, 15) is 4.79 Å². The zero-order valence-corrected chi connectivity index (χ0v) is 8.17. The van der Waals surface area contributed by atoms with E-state index < -0.39 is 5.97 Å². The fourth-order valence-corrected chi connectivity index (χ4v) is 0.677. The highest BCUT2D eigenvalue weighted by Gasteiger charge is 1.99. The fraction of sp³-hybridized carbons (Fsp3) is 0.600. The average Bonchev–Trinajstić information content (AvgIpc) is 2.01. The van der Waals surface area contributed by atoms with Gasteiger partial charge < -0.3 is 4.74 Å². The van der Waals surface area contributed by atoms with Crippen molar-refractivity contribution in [1.29, 1.82) is 0 Å². The molecule has 0 aliphatic carbocycles. The predicted molar refractivity (Wildman–Crippen MR) is 48.2 cm³/mol. The van der Waals surface area contributed by atoms with Gasteiger partial charge in [-0.3, -0.25) is 9.79 Å². The Kier molecular flexibility index (Phi) is 6.80.